The summed E-state index contributed by atoms with van der Waals surface area (Å²) in [5.74, 6) is 1.04. The van der Waals surface area contributed by atoms with Crippen molar-refractivity contribution >= 4 is 17.8 Å². The second kappa shape index (κ2) is 12.4. The third kappa shape index (κ3) is 6.50. The Morgan fingerprint density at radius 3 is 2.41 bits per heavy atom. The highest BCUT2D eigenvalue weighted by Gasteiger charge is 2.24. The molecule has 0 bridgehead atoms. The van der Waals surface area contributed by atoms with E-state index in [4.69, 9.17) is 9.84 Å². The number of benzene rings is 2. The van der Waals surface area contributed by atoms with E-state index in [-0.39, 0.29) is 24.5 Å². The smallest absolute Gasteiger partial charge is 0.318 e. The maximum atomic E-state index is 13.4. The number of aryl methyl sites for hydroxylation is 1. The van der Waals surface area contributed by atoms with Crippen LogP contribution >= 0.6 is 0 Å². The Labute approximate surface area is 219 Å². The van der Waals surface area contributed by atoms with E-state index in [9.17, 15) is 9.59 Å². The van der Waals surface area contributed by atoms with E-state index in [0.29, 0.717) is 12.4 Å². The molecule has 1 saturated carbocycles. The largest absolute Gasteiger partial charge is 0.497 e. The normalized spacial score (nSPS) is 13.7. The van der Waals surface area contributed by atoms with Crippen LogP contribution in [0.2, 0.25) is 0 Å². The third-order valence-electron chi connectivity index (χ3n) is 6.75. The number of methoxy groups -OCH3 is 1. The number of urea groups is 1. The van der Waals surface area contributed by atoms with Gasteiger partial charge in [0, 0.05) is 18.2 Å². The minimum atomic E-state index is -0.265. The van der Waals surface area contributed by atoms with Crippen LogP contribution in [0, 0.1) is 6.92 Å². The zero-order chi connectivity index (χ0) is 26.2. The number of nitrogens with zero attached hydrogens (tertiary/aromatic N) is 3. The van der Waals surface area contributed by atoms with Crippen LogP contribution in [-0.2, 0) is 4.79 Å². The van der Waals surface area contributed by atoms with Gasteiger partial charge in [-0.05, 0) is 56.0 Å². The molecular formula is C29H37N5O3. The van der Waals surface area contributed by atoms with Gasteiger partial charge in [-0.1, -0.05) is 56.5 Å². The number of hydrogen-bond donors (Lipinski definition) is 2. The highest BCUT2D eigenvalue weighted by Crippen LogP contribution is 2.33. The lowest BCUT2D eigenvalue weighted by atomic mass is 9.96. The SMILES string of the molecule is CCCN(CC(=O)Nc1c(-c2ccccc2)c(C)nn1-c1ccc(OC)cc1)C(=O)NC1CCCCC1. The van der Waals surface area contributed by atoms with Gasteiger partial charge in [-0.2, -0.15) is 5.10 Å². The van der Waals surface area contributed by atoms with Gasteiger partial charge in [0.05, 0.1) is 18.5 Å². The number of nitrogens with one attached hydrogen (secondary N) is 2. The van der Waals surface area contributed by atoms with Gasteiger partial charge in [-0.3, -0.25) is 4.79 Å². The summed E-state index contributed by atoms with van der Waals surface area (Å²) < 4.78 is 7.04. The van der Waals surface area contributed by atoms with E-state index in [1.54, 1.807) is 16.7 Å². The first-order valence-corrected chi connectivity index (χ1v) is 13.1. The molecule has 1 aliphatic rings. The van der Waals surface area contributed by atoms with Crippen LogP contribution in [0.5, 0.6) is 5.75 Å². The number of carbonyl (C=O) groups is 2. The van der Waals surface area contributed by atoms with Gasteiger partial charge in [-0.15, -0.1) is 0 Å². The summed E-state index contributed by atoms with van der Waals surface area (Å²) in [5.41, 5.74) is 3.38. The van der Waals surface area contributed by atoms with Crippen molar-refractivity contribution in [1.82, 2.24) is 20.0 Å². The molecule has 37 heavy (non-hydrogen) atoms. The van der Waals surface area contributed by atoms with Crippen molar-refractivity contribution in [3.8, 4) is 22.6 Å². The molecule has 4 rings (SSSR count). The lowest BCUT2D eigenvalue weighted by Crippen LogP contribution is -2.48. The van der Waals surface area contributed by atoms with Crippen LogP contribution in [0.1, 0.15) is 51.1 Å². The molecule has 0 atom stereocenters. The summed E-state index contributed by atoms with van der Waals surface area (Å²) >= 11 is 0. The summed E-state index contributed by atoms with van der Waals surface area (Å²) in [7, 11) is 1.62. The first kappa shape index (κ1) is 26.3. The molecule has 0 aliphatic heterocycles. The Balaban J connectivity index is 1.60. The summed E-state index contributed by atoms with van der Waals surface area (Å²) in [4.78, 5) is 28.0. The number of carbonyl (C=O) groups excluding carboxylic acids is 2. The van der Waals surface area contributed by atoms with Crippen molar-refractivity contribution in [3.05, 3.63) is 60.3 Å². The highest BCUT2D eigenvalue weighted by atomic mass is 16.5. The maximum Gasteiger partial charge on any atom is 0.318 e. The van der Waals surface area contributed by atoms with Crippen molar-refractivity contribution in [2.75, 3.05) is 25.5 Å². The first-order valence-electron chi connectivity index (χ1n) is 13.1. The average molecular weight is 504 g/mol. The number of ether oxygens (including phenoxy) is 1. The molecule has 3 aromatic rings. The number of anilines is 1. The molecule has 1 fully saturated rings. The molecule has 0 saturated heterocycles. The molecule has 1 heterocycles. The number of amides is 3. The molecule has 8 heteroatoms. The Morgan fingerprint density at radius 2 is 1.76 bits per heavy atom. The Bertz CT molecular complexity index is 1180. The molecule has 2 N–H and O–H groups in total. The number of rotatable bonds is 9. The fraction of sp³-hybridized carbons (Fsp3) is 0.414. The van der Waals surface area contributed by atoms with Gasteiger partial charge >= 0.3 is 6.03 Å². The van der Waals surface area contributed by atoms with Crippen molar-refractivity contribution < 1.29 is 14.3 Å². The minimum Gasteiger partial charge on any atom is -0.497 e. The van der Waals surface area contributed by atoms with E-state index in [1.807, 2.05) is 68.4 Å². The van der Waals surface area contributed by atoms with Gasteiger partial charge in [0.2, 0.25) is 5.91 Å². The molecule has 1 aromatic heterocycles. The van der Waals surface area contributed by atoms with Crippen molar-refractivity contribution in [1.29, 1.82) is 0 Å². The second-order valence-corrected chi connectivity index (χ2v) is 9.54. The van der Waals surface area contributed by atoms with Crippen LogP contribution in [-0.4, -0.2) is 52.9 Å². The van der Waals surface area contributed by atoms with Crippen LogP contribution in [0.3, 0.4) is 0 Å². The summed E-state index contributed by atoms with van der Waals surface area (Å²) in [6.45, 7) is 4.41. The van der Waals surface area contributed by atoms with Crippen LogP contribution in [0.4, 0.5) is 10.6 Å². The molecule has 1 aliphatic carbocycles. The van der Waals surface area contributed by atoms with Gasteiger partial charge in [-0.25, -0.2) is 9.48 Å². The summed E-state index contributed by atoms with van der Waals surface area (Å²) in [5, 5.41) is 11.0. The van der Waals surface area contributed by atoms with Gasteiger partial charge in [0.25, 0.3) is 0 Å². The molecule has 0 spiro atoms. The van der Waals surface area contributed by atoms with Gasteiger partial charge in [0.1, 0.15) is 18.1 Å². The zero-order valence-corrected chi connectivity index (χ0v) is 22.0. The first-order chi connectivity index (χ1) is 18.0. The van der Waals surface area contributed by atoms with Crippen molar-refractivity contribution in [2.45, 2.75) is 58.4 Å². The lowest BCUT2D eigenvalue weighted by Gasteiger charge is -2.28. The third-order valence-corrected chi connectivity index (χ3v) is 6.75. The monoisotopic (exact) mass is 503 g/mol. The Hall–Kier alpha value is -3.81. The molecule has 3 amide bonds. The predicted molar refractivity (Wildman–Crippen MR) is 146 cm³/mol. The fourth-order valence-electron chi connectivity index (χ4n) is 4.88. The molecule has 196 valence electrons. The van der Waals surface area contributed by atoms with Crippen molar-refractivity contribution in [3.63, 3.8) is 0 Å². The molecule has 8 nitrogen and oxygen atoms in total. The zero-order valence-electron chi connectivity index (χ0n) is 22.0. The lowest BCUT2D eigenvalue weighted by molar-refractivity contribution is -0.116. The summed E-state index contributed by atoms with van der Waals surface area (Å²) in [6.07, 6.45) is 6.26. The van der Waals surface area contributed by atoms with Crippen molar-refractivity contribution in [2.24, 2.45) is 0 Å². The molecule has 0 unspecified atom stereocenters. The van der Waals surface area contributed by atoms with Crippen LogP contribution in [0.25, 0.3) is 16.8 Å². The van der Waals surface area contributed by atoms with Gasteiger partial charge in [0.15, 0.2) is 0 Å². The fourth-order valence-corrected chi connectivity index (χ4v) is 4.88. The van der Waals surface area contributed by atoms with Gasteiger partial charge < -0.3 is 20.3 Å². The topological polar surface area (TPSA) is 88.5 Å². The molecular weight excluding hydrogens is 466 g/mol. The maximum absolute atomic E-state index is 13.4. The van der Waals surface area contributed by atoms with E-state index in [0.717, 1.165) is 60.4 Å². The van der Waals surface area contributed by atoms with Crippen LogP contribution < -0.4 is 15.4 Å². The quantitative estimate of drug-likeness (QED) is 0.401. The van der Waals surface area contributed by atoms with E-state index in [2.05, 4.69) is 10.6 Å². The molecule has 0 radical (unpaired) electrons. The predicted octanol–water partition coefficient (Wildman–Crippen LogP) is 5.55. The minimum absolute atomic E-state index is 0.0343. The second-order valence-electron chi connectivity index (χ2n) is 9.54. The van der Waals surface area contributed by atoms with E-state index in [1.165, 1.54) is 6.42 Å². The summed E-state index contributed by atoms with van der Waals surface area (Å²) in [6, 6.07) is 17.4. The van der Waals surface area contributed by atoms with E-state index < -0.39 is 0 Å². The average Bonchev–Trinajstić information content (AvgIpc) is 3.24. The Morgan fingerprint density at radius 1 is 1.05 bits per heavy atom. The Kier molecular flexibility index (Phi) is 8.82. The van der Waals surface area contributed by atoms with E-state index >= 15 is 0 Å². The highest BCUT2D eigenvalue weighted by molar-refractivity contribution is 5.97. The number of hydrogen-bond acceptors (Lipinski definition) is 4. The molecule has 2 aromatic carbocycles. The van der Waals surface area contributed by atoms with Crippen LogP contribution in [0.15, 0.2) is 54.6 Å². The number of aromatic nitrogens is 2. The standard InChI is InChI=1S/C29H37N5O3/c1-4-19-33(29(36)30-23-13-9-6-10-14-23)20-26(35)31-28-27(22-11-7-5-8-12-22)21(2)32-34(28)24-15-17-25(37-3)18-16-24/h5,7-8,11-12,15-18,23H,4,6,9-10,13-14,19-20H2,1-3H3,(H,30,36)(H,31,35).